The maximum Gasteiger partial charge on any atom is 0.321 e. The molecular formula is C13H22N2O3S. The van der Waals surface area contributed by atoms with E-state index >= 15 is 0 Å². The Kier molecular flexibility index (Phi) is 7.48. The third-order valence-electron chi connectivity index (χ3n) is 2.63. The summed E-state index contributed by atoms with van der Waals surface area (Å²) in [5.74, 6) is -0.982. The summed E-state index contributed by atoms with van der Waals surface area (Å²) in [5, 5.41) is 8.90. The lowest BCUT2D eigenvalue weighted by Crippen LogP contribution is -2.47. The summed E-state index contributed by atoms with van der Waals surface area (Å²) in [6.07, 6.45) is 3.28. The van der Waals surface area contributed by atoms with E-state index in [1.807, 2.05) is 0 Å². The highest BCUT2D eigenvalue weighted by Gasteiger charge is 2.33. The summed E-state index contributed by atoms with van der Waals surface area (Å²) in [7, 11) is 0. The molecule has 0 rings (SSSR count). The van der Waals surface area contributed by atoms with Crippen LogP contribution in [0, 0.1) is 0 Å². The van der Waals surface area contributed by atoms with E-state index in [4.69, 9.17) is 10.8 Å². The number of thioether (sulfide) groups is 1. The quantitative estimate of drug-likeness (QED) is 0.620. The van der Waals surface area contributed by atoms with E-state index < -0.39 is 16.8 Å². The summed E-state index contributed by atoms with van der Waals surface area (Å²) in [5.41, 5.74) is 5.60. The summed E-state index contributed by atoms with van der Waals surface area (Å²) < 4.78 is -0.713. The molecule has 0 aromatic carbocycles. The minimum absolute atomic E-state index is 0.0875. The first-order valence-electron chi connectivity index (χ1n) is 5.88. The molecule has 5 nitrogen and oxygen atoms in total. The smallest absolute Gasteiger partial charge is 0.321 e. The molecule has 19 heavy (non-hydrogen) atoms. The molecule has 1 atom stereocenters. The Morgan fingerprint density at radius 2 is 1.84 bits per heavy atom. The highest BCUT2D eigenvalue weighted by molar-refractivity contribution is 8.01. The molecule has 0 aliphatic carbocycles. The number of amides is 1. The lowest BCUT2D eigenvalue weighted by molar-refractivity contribution is -0.139. The molecule has 108 valence electrons. The fourth-order valence-electron chi connectivity index (χ4n) is 1.32. The van der Waals surface area contributed by atoms with E-state index in [-0.39, 0.29) is 11.7 Å². The van der Waals surface area contributed by atoms with Crippen LogP contribution < -0.4 is 5.73 Å². The van der Waals surface area contributed by atoms with Crippen molar-refractivity contribution in [2.45, 2.75) is 24.6 Å². The predicted molar refractivity (Wildman–Crippen MR) is 79.1 cm³/mol. The first-order chi connectivity index (χ1) is 8.76. The van der Waals surface area contributed by atoms with Crippen LogP contribution in [0.5, 0.6) is 0 Å². The first kappa shape index (κ1) is 17.7. The molecule has 0 spiro atoms. The van der Waals surface area contributed by atoms with Crippen molar-refractivity contribution in [3.05, 3.63) is 25.3 Å². The Bertz CT molecular complexity index is 346. The van der Waals surface area contributed by atoms with Crippen LogP contribution in [0.2, 0.25) is 0 Å². The molecule has 0 bridgehead atoms. The fourth-order valence-corrected chi connectivity index (χ4v) is 2.27. The largest absolute Gasteiger partial charge is 0.480 e. The molecule has 0 heterocycles. The van der Waals surface area contributed by atoms with E-state index in [9.17, 15) is 9.59 Å². The Balaban J connectivity index is 4.52. The number of hydrogen-bond donors (Lipinski definition) is 2. The molecule has 0 radical (unpaired) electrons. The highest BCUT2D eigenvalue weighted by atomic mass is 32.2. The molecular weight excluding hydrogens is 264 g/mol. The monoisotopic (exact) mass is 286 g/mol. The molecule has 0 fully saturated rings. The van der Waals surface area contributed by atoms with Crippen LogP contribution in [0.15, 0.2) is 25.3 Å². The van der Waals surface area contributed by atoms with Crippen molar-refractivity contribution in [1.29, 1.82) is 0 Å². The van der Waals surface area contributed by atoms with Gasteiger partial charge in [-0.3, -0.25) is 9.59 Å². The molecule has 0 aromatic heterocycles. The van der Waals surface area contributed by atoms with Gasteiger partial charge >= 0.3 is 5.97 Å². The van der Waals surface area contributed by atoms with Crippen LogP contribution in [-0.2, 0) is 9.59 Å². The van der Waals surface area contributed by atoms with E-state index in [0.29, 0.717) is 13.1 Å². The van der Waals surface area contributed by atoms with Crippen LogP contribution in [0.4, 0.5) is 0 Å². The minimum Gasteiger partial charge on any atom is -0.480 e. The molecule has 3 N–H and O–H groups in total. The molecule has 0 saturated carbocycles. The lowest BCUT2D eigenvalue weighted by Gasteiger charge is -2.29. The minimum atomic E-state index is -1.07. The van der Waals surface area contributed by atoms with Crippen molar-refractivity contribution in [3.63, 3.8) is 0 Å². The second kappa shape index (κ2) is 8.01. The number of carbonyl (C=O) groups excluding carboxylic acids is 1. The van der Waals surface area contributed by atoms with Gasteiger partial charge in [-0.15, -0.1) is 24.9 Å². The van der Waals surface area contributed by atoms with Crippen molar-refractivity contribution in [1.82, 2.24) is 4.90 Å². The average Bonchev–Trinajstić information content (AvgIpc) is 2.34. The third kappa shape index (κ3) is 5.94. The van der Waals surface area contributed by atoms with E-state index in [1.54, 1.807) is 30.9 Å². The summed E-state index contributed by atoms with van der Waals surface area (Å²) in [4.78, 5) is 24.4. The van der Waals surface area contributed by atoms with Crippen LogP contribution in [0.3, 0.4) is 0 Å². The number of nitrogens with two attached hydrogens (primary N) is 1. The standard InChI is InChI=1S/C13H22N2O3S/c1-5-7-15(8-6-2)10(16)9-19-13(3,4)11(14)12(17)18/h5-6,11H,1-2,7-9,14H2,3-4H3,(H,17,18)/t11-/m1/s1. The number of nitrogens with zero attached hydrogens (tertiary/aromatic N) is 1. The van der Waals surface area contributed by atoms with Crippen molar-refractivity contribution >= 4 is 23.6 Å². The van der Waals surface area contributed by atoms with E-state index in [0.717, 1.165) is 0 Å². The maximum absolute atomic E-state index is 12.0. The van der Waals surface area contributed by atoms with Gasteiger partial charge in [-0.2, -0.15) is 0 Å². The zero-order valence-corrected chi connectivity index (χ0v) is 12.3. The molecule has 0 aliphatic rings. The second-order valence-electron chi connectivity index (χ2n) is 4.58. The average molecular weight is 286 g/mol. The van der Waals surface area contributed by atoms with Gasteiger partial charge in [0.2, 0.25) is 5.91 Å². The number of carboxylic acid groups (broad SMARTS) is 1. The van der Waals surface area contributed by atoms with Gasteiger partial charge in [0.05, 0.1) is 5.75 Å². The van der Waals surface area contributed by atoms with Crippen LogP contribution in [-0.4, -0.2) is 51.5 Å². The normalized spacial score (nSPS) is 12.6. The molecule has 6 heteroatoms. The molecule has 1 amide bonds. The van der Waals surface area contributed by atoms with Crippen LogP contribution >= 0.6 is 11.8 Å². The number of carbonyl (C=O) groups is 2. The van der Waals surface area contributed by atoms with Crippen LogP contribution in [0.25, 0.3) is 0 Å². The van der Waals surface area contributed by atoms with Gasteiger partial charge in [0, 0.05) is 17.8 Å². The molecule has 0 unspecified atom stereocenters. The highest BCUT2D eigenvalue weighted by Crippen LogP contribution is 2.27. The number of rotatable bonds is 9. The van der Waals surface area contributed by atoms with Crippen molar-refractivity contribution in [2.75, 3.05) is 18.8 Å². The van der Waals surface area contributed by atoms with Crippen LogP contribution in [0.1, 0.15) is 13.8 Å². The van der Waals surface area contributed by atoms with Crippen molar-refractivity contribution in [2.24, 2.45) is 5.73 Å². The molecule has 0 aliphatic heterocycles. The molecule has 0 saturated heterocycles. The molecule has 0 aromatic rings. The lowest BCUT2D eigenvalue weighted by atomic mass is 10.1. The Labute approximate surface area is 118 Å². The van der Waals surface area contributed by atoms with Gasteiger partial charge in [0.1, 0.15) is 6.04 Å². The topological polar surface area (TPSA) is 83.6 Å². The van der Waals surface area contributed by atoms with E-state index in [2.05, 4.69) is 13.2 Å². The zero-order valence-electron chi connectivity index (χ0n) is 11.5. The second-order valence-corrected chi connectivity index (χ2v) is 6.21. The summed E-state index contributed by atoms with van der Waals surface area (Å²) >= 11 is 1.24. The third-order valence-corrected chi connectivity index (χ3v) is 4.02. The SMILES string of the molecule is C=CCN(CC=C)C(=O)CSC(C)(C)[C@H](N)C(=O)O. The van der Waals surface area contributed by atoms with Gasteiger partial charge in [0.25, 0.3) is 0 Å². The van der Waals surface area contributed by atoms with Gasteiger partial charge in [-0.05, 0) is 13.8 Å². The van der Waals surface area contributed by atoms with Gasteiger partial charge < -0.3 is 15.7 Å². The zero-order chi connectivity index (χ0) is 15.1. The van der Waals surface area contributed by atoms with Gasteiger partial charge in [0.15, 0.2) is 0 Å². The maximum atomic E-state index is 12.0. The number of carboxylic acids is 1. The Morgan fingerprint density at radius 1 is 1.37 bits per heavy atom. The van der Waals surface area contributed by atoms with Gasteiger partial charge in [-0.25, -0.2) is 0 Å². The summed E-state index contributed by atoms with van der Waals surface area (Å²) in [6, 6.07) is -1.02. The summed E-state index contributed by atoms with van der Waals surface area (Å²) in [6.45, 7) is 11.5. The fraction of sp³-hybridized carbons (Fsp3) is 0.538. The first-order valence-corrected chi connectivity index (χ1v) is 6.86. The van der Waals surface area contributed by atoms with E-state index in [1.165, 1.54) is 11.8 Å². The Hall–Kier alpha value is -1.27. The van der Waals surface area contributed by atoms with Crippen molar-refractivity contribution in [3.8, 4) is 0 Å². The van der Waals surface area contributed by atoms with Crippen molar-refractivity contribution < 1.29 is 14.7 Å². The Morgan fingerprint density at radius 3 is 2.21 bits per heavy atom. The predicted octanol–water partition coefficient (Wildman–Crippen LogP) is 1.11. The number of hydrogen-bond acceptors (Lipinski definition) is 4. The van der Waals surface area contributed by atoms with Gasteiger partial charge in [-0.1, -0.05) is 12.2 Å². The number of aliphatic carboxylic acids is 1.